The molecule has 1 aromatic heterocycles. The second-order valence-corrected chi connectivity index (χ2v) is 5.53. The Labute approximate surface area is 113 Å². The average Bonchev–Trinajstić information content (AvgIpc) is 2.94. The van der Waals surface area contributed by atoms with Gasteiger partial charge in [-0.25, -0.2) is 9.97 Å². The third-order valence-corrected chi connectivity index (χ3v) is 4.02. The largest absolute Gasteiger partial charge is 0.373 e. The molecule has 102 valence electrons. The molecule has 3 atom stereocenters. The second-order valence-electron chi connectivity index (χ2n) is 5.53. The summed E-state index contributed by atoms with van der Waals surface area (Å²) >= 11 is 0. The Morgan fingerprint density at radius 2 is 2.21 bits per heavy atom. The molecule has 1 aromatic rings. The van der Waals surface area contributed by atoms with Gasteiger partial charge >= 0.3 is 0 Å². The molecule has 0 radical (unpaired) electrons. The zero-order valence-corrected chi connectivity index (χ0v) is 11.2. The molecule has 2 saturated heterocycles. The van der Waals surface area contributed by atoms with Crippen molar-refractivity contribution in [3.8, 4) is 0 Å². The summed E-state index contributed by atoms with van der Waals surface area (Å²) in [6.45, 7) is 3.73. The summed E-state index contributed by atoms with van der Waals surface area (Å²) < 4.78 is 5.81. The molecule has 19 heavy (non-hydrogen) atoms. The Kier molecular flexibility index (Phi) is 3.46. The zero-order chi connectivity index (χ0) is 13.2. The van der Waals surface area contributed by atoms with Crippen LogP contribution in [0.3, 0.4) is 0 Å². The Bertz CT molecular complexity index is 437. The number of hydrogen-bond acceptors (Lipinski definition) is 4. The van der Waals surface area contributed by atoms with E-state index < -0.39 is 0 Å². The highest BCUT2D eigenvalue weighted by Gasteiger charge is 2.41. The minimum atomic E-state index is 0.217. The van der Waals surface area contributed by atoms with Gasteiger partial charge in [-0.2, -0.15) is 0 Å². The van der Waals surface area contributed by atoms with Crippen LogP contribution in [0.25, 0.3) is 0 Å². The lowest BCUT2D eigenvalue weighted by molar-refractivity contribution is -0.131. The molecule has 5 heteroatoms. The fourth-order valence-electron chi connectivity index (χ4n) is 3.07. The van der Waals surface area contributed by atoms with Gasteiger partial charge in [-0.05, 0) is 25.3 Å². The monoisotopic (exact) mass is 261 g/mol. The van der Waals surface area contributed by atoms with E-state index in [0.29, 0.717) is 24.9 Å². The van der Waals surface area contributed by atoms with E-state index in [1.807, 2.05) is 4.90 Å². The van der Waals surface area contributed by atoms with Crippen molar-refractivity contribution in [2.75, 3.05) is 13.1 Å². The lowest BCUT2D eigenvalue weighted by atomic mass is 10.0. The van der Waals surface area contributed by atoms with Crippen molar-refractivity contribution in [1.29, 1.82) is 0 Å². The first-order chi connectivity index (χ1) is 9.22. The Balaban J connectivity index is 1.50. The van der Waals surface area contributed by atoms with Crippen LogP contribution in [0.1, 0.15) is 25.3 Å². The zero-order valence-electron chi connectivity index (χ0n) is 11.2. The number of hydrogen-bond donors (Lipinski definition) is 0. The first-order valence-corrected chi connectivity index (χ1v) is 6.89. The van der Waals surface area contributed by atoms with Gasteiger partial charge in [0.05, 0.1) is 12.2 Å². The first kappa shape index (κ1) is 12.5. The van der Waals surface area contributed by atoms with E-state index in [1.165, 1.54) is 6.33 Å². The summed E-state index contributed by atoms with van der Waals surface area (Å²) in [5.74, 6) is 0.758. The number of fused-ring (bicyclic) bond motifs is 1. The van der Waals surface area contributed by atoms with Gasteiger partial charge in [-0.15, -0.1) is 0 Å². The van der Waals surface area contributed by atoms with Gasteiger partial charge in [-0.3, -0.25) is 4.79 Å². The fraction of sp³-hybridized carbons (Fsp3) is 0.643. The highest BCUT2D eigenvalue weighted by molar-refractivity contribution is 5.76. The minimum Gasteiger partial charge on any atom is -0.373 e. The number of amides is 1. The van der Waals surface area contributed by atoms with E-state index in [0.717, 1.165) is 25.1 Å². The summed E-state index contributed by atoms with van der Waals surface area (Å²) in [5.41, 5.74) is 1.01. The molecule has 3 heterocycles. The van der Waals surface area contributed by atoms with Crippen LogP contribution in [-0.4, -0.2) is 46.1 Å². The van der Waals surface area contributed by atoms with Crippen LogP contribution in [0.4, 0.5) is 0 Å². The molecule has 0 unspecified atom stereocenters. The van der Waals surface area contributed by atoms with Gasteiger partial charge in [0.1, 0.15) is 6.33 Å². The molecule has 5 nitrogen and oxygen atoms in total. The molecule has 2 aliphatic heterocycles. The summed E-state index contributed by atoms with van der Waals surface area (Å²) in [6, 6.07) is 0. The molecule has 2 fully saturated rings. The van der Waals surface area contributed by atoms with E-state index in [9.17, 15) is 4.79 Å². The van der Waals surface area contributed by atoms with E-state index in [1.54, 1.807) is 12.4 Å². The Morgan fingerprint density at radius 3 is 2.95 bits per heavy atom. The molecule has 3 rings (SSSR count). The number of rotatable bonds is 3. The fourth-order valence-corrected chi connectivity index (χ4v) is 3.07. The normalized spacial score (nSPS) is 29.5. The van der Waals surface area contributed by atoms with Crippen molar-refractivity contribution in [3.05, 3.63) is 24.3 Å². The van der Waals surface area contributed by atoms with Crippen molar-refractivity contribution in [2.24, 2.45) is 5.92 Å². The summed E-state index contributed by atoms with van der Waals surface area (Å²) in [7, 11) is 0. The average molecular weight is 261 g/mol. The molecule has 0 saturated carbocycles. The van der Waals surface area contributed by atoms with Gasteiger partial charge in [0.25, 0.3) is 0 Å². The third-order valence-electron chi connectivity index (χ3n) is 4.02. The molecule has 0 bridgehead atoms. The van der Waals surface area contributed by atoms with Crippen LogP contribution in [0.15, 0.2) is 18.7 Å². The highest BCUT2D eigenvalue weighted by atomic mass is 16.5. The predicted octanol–water partition coefficient (Wildman–Crippen LogP) is 1.05. The number of carbonyl (C=O) groups excluding carboxylic acids is 1. The maximum Gasteiger partial charge on any atom is 0.223 e. The van der Waals surface area contributed by atoms with Gasteiger partial charge in [0.15, 0.2) is 0 Å². The van der Waals surface area contributed by atoms with Crippen LogP contribution in [0.5, 0.6) is 0 Å². The second kappa shape index (κ2) is 5.25. The van der Waals surface area contributed by atoms with Gasteiger partial charge < -0.3 is 9.64 Å². The van der Waals surface area contributed by atoms with Crippen molar-refractivity contribution in [2.45, 2.75) is 38.4 Å². The molecule has 0 aromatic carbocycles. The number of aryl methyl sites for hydroxylation is 1. The Hall–Kier alpha value is -1.49. The van der Waals surface area contributed by atoms with E-state index in [4.69, 9.17) is 4.74 Å². The number of aromatic nitrogens is 2. The first-order valence-electron chi connectivity index (χ1n) is 6.89. The van der Waals surface area contributed by atoms with Gasteiger partial charge in [0.2, 0.25) is 5.91 Å². The molecule has 1 amide bonds. The molecule has 0 N–H and O–H groups in total. The maximum atomic E-state index is 12.2. The standard InChI is InChI=1S/C14H19N3O2/c1-10-4-12-7-17(8-13(12)19-10)14(18)3-2-11-5-15-9-16-6-11/h5-6,9-10,12-13H,2-4,7-8H2,1H3/t10-,12+,13-/m0/s1. The molecule has 2 aliphatic rings. The van der Waals surface area contributed by atoms with Crippen molar-refractivity contribution < 1.29 is 9.53 Å². The third kappa shape index (κ3) is 2.76. The summed E-state index contributed by atoms with van der Waals surface area (Å²) in [4.78, 5) is 22.0. The molecule has 0 aliphatic carbocycles. The van der Waals surface area contributed by atoms with Crippen LogP contribution in [0.2, 0.25) is 0 Å². The van der Waals surface area contributed by atoms with Crippen molar-refractivity contribution >= 4 is 5.91 Å². The number of nitrogens with zero attached hydrogens (tertiary/aromatic N) is 3. The molecular weight excluding hydrogens is 242 g/mol. The van der Waals surface area contributed by atoms with Crippen LogP contribution >= 0.6 is 0 Å². The number of ether oxygens (including phenoxy) is 1. The maximum absolute atomic E-state index is 12.2. The predicted molar refractivity (Wildman–Crippen MR) is 69.4 cm³/mol. The highest BCUT2D eigenvalue weighted by Crippen LogP contribution is 2.32. The van der Waals surface area contributed by atoms with Crippen LogP contribution < -0.4 is 0 Å². The van der Waals surface area contributed by atoms with Crippen LogP contribution in [-0.2, 0) is 16.0 Å². The van der Waals surface area contributed by atoms with Crippen molar-refractivity contribution in [3.63, 3.8) is 0 Å². The minimum absolute atomic E-state index is 0.217. The van der Waals surface area contributed by atoms with E-state index >= 15 is 0 Å². The van der Waals surface area contributed by atoms with E-state index in [-0.39, 0.29) is 12.0 Å². The smallest absolute Gasteiger partial charge is 0.223 e. The topological polar surface area (TPSA) is 55.3 Å². The Morgan fingerprint density at radius 1 is 1.42 bits per heavy atom. The van der Waals surface area contributed by atoms with Gasteiger partial charge in [0, 0.05) is 37.8 Å². The summed E-state index contributed by atoms with van der Waals surface area (Å²) in [6.07, 6.45) is 7.98. The lowest BCUT2D eigenvalue weighted by Crippen LogP contribution is -2.31. The molecule has 0 spiro atoms. The number of carbonyl (C=O) groups is 1. The molecular formula is C14H19N3O2. The van der Waals surface area contributed by atoms with Gasteiger partial charge in [-0.1, -0.05) is 0 Å². The SMILES string of the molecule is C[C@H]1C[C@@H]2CN(C(=O)CCc3cncnc3)C[C@@H]2O1. The van der Waals surface area contributed by atoms with Crippen LogP contribution in [0, 0.1) is 5.92 Å². The quantitative estimate of drug-likeness (QED) is 0.816. The lowest BCUT2D eigenvalue weighted by Gasteiger charge is -2.18. The van der Waals surface area contributed by atoms with Crippen molar-refractivity contribution in [1.82, 2.24) is 14.9 Å². The number of likely N-dealkylation sites (tertiary alicyclic amines) is 1. The van der Waals surface area contributed by atoms with E-state index in [2.05, 4.69) is 16.9 Å². The summed E-state index contributed by atoms with van der Waals surface area (Å²) in [5, 5.41) is 0.